The molecule has 286 valence electrons. The molecule has 0 aromatic heterocycles. The van der Waals surface area contributed by atoms with Crippen molar-refractivity contribution in [2.75, 3.05) is 77.6 Å². The van der Waals surface area contributed by atoms with Gasteiger partial charge in [0.25, 0.3) is 0 Å². The predicted octanol–water partition coefficient (Wildman–Crippen LogP) is -0.465. The van der Waals surface area contributed by atoms with Crippen molar-refractivity contribution in [3.63, 3.8) is 0 Å². The van der Waals surface area contributed by atoms with Gasteiger partial charge in [-0.25, -0.2) is 16.8 Å². The van der Waals surface area contributed by atoms with Crippen molar-refractivity contribution in [1.29, 1.82) is 0 Å². The molecule has 12 nitrogen and oxygen atoms in total. The second-order valence-electron chi connectivity index (χ2n) is 11.7. The van der Waals surface area contributed by atoms with Gasteiger partial charge in [0, 0.05) is 37.9 Å². The summed E-state index contributed by atoms with van der Waals surface area (Å²) in [5, 5.41) is 0. The van der Waals surface area contributed by atoms with E-state index in [0.717, 1.165) is 38.5 Å². The molecule has 0 N–H and O–H groups in total. The molecule has 50 heavy (non-hydrogen) atoms. The SMILES string of the molecule is CCCCC/C=C/CCCOCC(COCCOCC(COCCC/C=C/CCCCC)OCCCS(=O)(=O)[O-])OCCCS(=O)(=O)[O-].[Na+].[Na+]. The van der Waals surface area contributed by atoms with Crippen LogP contribution in [-0.4, -0.2) is 116 Å². The Morgan fingerprint density at radius 2 is 0.780 bits per heavy atom. The second-order valence-corrected chi connectivity index (χ2v) is 14.8. The van der Waals surface area contributed by atoms with Crippen LogP contribution >= 0.6 is 0 Å². The quantitative estimate of drug-likeness (QED) is 0.0345. The normalized spacial score (nSPS) is 13.4. The van der Waals surface area contributed by atoms with Crippen LogP contribution in [0.15, 0.2) is 24.3 Å². The Labute approximate surface area is 348 Å². The number of hydrogen-bond acceptors (Lipinski definition) is 12. The van der Waals surface area contributed by atoms with E-state index in [0.29, 0.717) is 13.2 Å². The summed E-state index contributed by atoms with van der Waals surface area (Å²) in [6, 6.07) is 0. The van der Waals surface area contributed by atoms with Crippen LogP contribution in [0.3, 0.4) is 0 Å². The second kappa shape index (κ2) is 39.7. The first-order chi connectivity index (χ1) is 23.1. The standard InChI is InChI=1S/C34H66O12S2.2Na/c1-3-5-7-9-11-13-15-17-21-41-29-33(45-23-19-27-47(35,36)37)31-43-25-26-44-32-34(46-24-20-28-48(38,39)40)30-42-22-18-16-14-12-10-8-6-4-2;;/h11-14,33-34H,3-10,15-32H2,1-2H3,(H,35,36,37)(H,38,39,40);;/q;2*+1/p-2/b13-11+,14-12+;;. The zero-order valence-corrected chi connectivity index (χ0v) is 37.2. The van der Waals surface area contributed by atoms with Gasteiger partial charge < -0.3 is 37.5 Å². The molecule has 0 aliphatic rings. The van der Waals surface area contributed by atoms with Gasteiger partial charge in [-0.3, -0.25) is 0 Å². The number of hydrogen-bond donors (Lipinski definition) is 0. The molecule has 2 atom stereocenters. The van der Waals surface area contributed by atoms with Crippen molar-refractivity contribution >= 4 is 20.2 Å². The van der Waals surface area contributed by atoms with Gasteiger partial charge in [0.2, 0.25) is 0 Å². The molecular weight excluding hydrogens is 710 g/mol. The van der Waals surface area contributed by atoms with Crippen molar-refractivity contribution in [2.24, 2.45) is 0 Å². The Bertz CT molecular complexity index is 905. The van der Waals surface area contributed by atoms with Gasteiger partial charge in [0.1, 0.15) is 12.2 Å². The number of ether oxygens (including phenoxy) is 6. The van der Waals surface area contributed by atoms with Gasteiger partial charge in [0.05, 0.1) is 59.9 Å². The molecule has 0 heterocycles. The van der Waals surface area contributed by atoms with Crippen molar-refractivity contribution in [2.45, 2.75) is 116 Å². The fourth-order valence-corrected chi connectivity index (χ4v) is 5.28. The summed E-state index contributed by atoms with van der Waals surface area (Å²) >= 11 is 0. The largest absolute Gasteiger partial charge is 1.00 e. The number of allylic oxidation sites excluding steroid dienone is 4. The third-order valence-corrected chi connectivity index (χ3v) is 8.55. The van der Waals surface area contributed by atoms with Crippen LogP contribution in [-0.2, 0) is 48.7 Å². The summed E-state index contributed by atoms with van der Waals surface area (Å²) in [6.07, 6.45) is 21.2. The summed E-state index contributed by atoms with van der Waals surface area (Å²) in [7, 11) is -8.60. The van der Waals surface area contributed by atoms with Crippen molar-refractivity contribution < 1.29 is 113 Å². The Morgan fingerprint density at radius 1 is 0.460 bits per heavy atom. The first-order valence-corrected chi connectivity index (χ1v) is 20.9. The summed E-state index contributed by atoms with van der Waals surface area (Å²) in [5.74, 6) is -0.981. The van der Waals surface area contributed by atoms with Crippen LogP contribution in [0.25, 0.3) is 0 Å². The summed E-state index contributed by atoms with van der Waals surface area (Å²) in [4.78, 5) is 0. The average molecular weight is 775 g/mol. The van der Waals surface area contributed by atoms with E-state index in [2.05, 4.69) is 38.2 Å². The Balaban J connectivity index is -0.0000110. The van der Waals surface area contributed by atoms with Crippen LogP contribution in [0.5, 0.6) is 0 Å². The molecule has 2 unspecified atom stereocenters. The van der Waals surface area contributed by atoms with Crippen LogP contribution in [0, 0.1) is 0 Å². The third kappa shape index (κ3) is 45.2. The molecule has 0 bridgehead atoms. The molecule has 0 spiro atoms. The smallest absolute Gasteiger partial charge is 0.748 e. The zero-order chi connectivity index (χ0) is 35.6. The van der Waals surface area contributed by atoms with Crippen molar-refractivity contribution in [1.82, 2.24) is 0 Å². The minimum atomic E-state index is -4.30. The van der Waals surface area contributed by atoms with E-state index in [1.54, 1.807) is 0 Å². The monoisotopic (exact) mass is 774 g/mol. The van der Waals surface area contributed by atoms with E-state index >= 15 is 0 Å². The number of unbranched alkanes of at least 4 members (excludes halogenated alkanes) is 8. The molecule has 0 amide bonds. The van der Waals surface area contributed by atoms with Gasteiger partial charge in [-0.05, 0) is 64.2 Å². The molecule has 0 aromatic rings. The van der Waals surface area contributed by atoms with E-state index in [9.17, 15) is 25.9 Å². The predicted molar refractivity (Wildman–Crippen MR) is 186 cm³/mol. The summed E-state index contributed by atoms with van der Waals surface area (Å²) in [5.41, 5.74) is 0. The molecule has 0 saturated carbocycles. The maximum atomic E-state index is 10.9. The zero-order valence-electron chi connectivity index (χ0n) is 31.6. The minimum absolute atomic E-state index is 0. The topological polar surface area (TPSA) is 170 Å². The molecule has 0 rings (SSSR count). The van der Waals surface area contributed by atoms with Crippen LogP contribution in [0.4, 0.5) is 0 Å². The van der Waals surface area contributed by atoms with Gasteiger partial charge in [-0.15, -0.1) is 0 Å². The van der Waals surface area contributed by atoms with Gasteiger partial charge in [0.15, 0.2) is 0 Å². The van der Waals surface area contributed by atoms with E-state index in [-0.39, 0.29) is 125 Å². The van der Waals surface area contributed by atoms with Crippen LogP contribution in [0.1, 0.15) is 104 Å². The Morgan fingerprint density at radius 3 is 1.10 bits per heavy atom. The van der Waals surface area contributed by atoms with Crippen LogP contribution < -0.4 is 59.1 Å². The fourth-order valence-electron chi connectivity index (χ4n) is 4.34. The van der Waals surface area contributed by atoms with E-state index in [1.807, 2.05) is 0 Å². The molecule has 0 fully saturated rings. The van der Waals surface area contributed by atoms with E-state index < -0.39 is 43.9 Å². The third-order valence-electron chi connectivity index (χ3n) is 6.97. The van der Waals surface area contributed by atoms with Gasteiger partial charge in [-0.2, -0.15) is 0 Å². The molecule has 0 aliphatic heterocycles. The molecule has 0 aliphatic carbocycles. The first-order valence-electron chi connectivity index (χ1n) is 17.8. The van der Waals surface area contributed by atoms with Gasteiger partial charge >= 0.3 is 59.1 Å². The maximum Gasteiger partial charge on any atom is 1.00 e. The van der Waals surface area contributed by atoms with Gasteiger partial charge in [-0.1, -0.05) is 63.8 Å². The Kier molecular flexibility index (Phi) is 44.0. The molecule has 0 aromatic carbocycles. The summed E-state index contributed by atoms with van der Waals surface area (Å²) < 4.78 is 99.8. The maximum absolute atomic E-state index is 10.9. The average Bonchev–Trinajstić information content (AvgIpc) is 3.02. The minimum Gasteiger partial charge on any atom is -0.748 e. The molecular formula is C34H64Na2O12S2. The van der Waals surface area contributed by atoms with E-state index in [4.69, 9.17) is 28.4 Å². The van der Waals surface area contributed by atoms with E-state index in [1.165, 1.54) is 38.5 Å². The van der Waals surface area contributed by atoms with Crippen molar-refractivity contribution in [3.05, 3.63) is 24.3 Å². The first kappa shape index (κ1) is 55.4. The molecule has 0 saturated heterocycles. The summed E-state index contributed by atoms with van der Waals surface area (Å²) in [6.45, 7) is 7.11. The molecule has 16 heteroatoms. The fraction of sp³-hybridized carbons (Fsp3) is 0.882. The Hall–Kier alpha value is 1.06. The molecule has 0 radical (unpaired) electrons. The number of rotatable bonds is 37. The van der Waals surface area contributed by atoms with Crippen LogP contribution in [0.2, 0.25) is 0 Å². The van der Waals surface area contributed by atoms with Crippen molar-refractivity contribution in [3.8, 4) is 0 Å².